The number of nitrogens with one attached hydrogen (secondary N) is 4. The van der Waals surface area contributed by atoms with Gasteiger partial charge in [0.2, 0.25) is 0 Å². The molecule has 8 heteroatoms. The first kappa shape index (κ1) is 16.3. The molecule has 0 radical (unpaired) electrons. The van der Waals surface area contributed by atoms with Gasteiger partial charge in [-0.1, -0.05) is 0 Å². The highest BCUT2D eigenvalue weighted by Gasteiger charge is 2.32. The Labute approximate surface area is 153 Å². The van der Waals surface area contributed by atoms with Crippen molar-refractivity contribution in [3.8, 4) is 0 Å². The van der Waals surface area contributed by atoms with E-state index in [0.717, 1.165) is 20.7 Å². The summed E-state index contributed by atoms with van der Waals surface area (Å²) in [6.07, 6.45) is 1.70. The number of aryl methyl sites for hydroxylation is 1. The molecule has 0 spiro atoms. The Kier molecular flexibility index (Phi) is 3.96. The monoisotopic (exact) mass is 367 g/mol. The molecule has 3 amide bonds. The van der Waals surface area contributed by atoms with Crippen LogP contribution in [0.25, 0.3) is 10.9 Å². The zero-order valence-corrected chi connectivity index (χ0v) is 15.0. The van der Waals surface area contributed by atoms with Gasteiger partial charge in [0.1, 0.15) is 0 Å². The molecule has 1 atom stereocenters. The first-order chi connectivity index (χ1) is 12.5. The van der Waals surface area contributed by atoms with Crippen LogP contribution in [0.2, 0.25) is 0 Å². The number of hydrogen-bond donors (Lipinski definition) is 4. The number of thiophene rings is 1. The molecule has 1 unspecified atom stereocenters. The number of allylic oxidation sites excluding steroid dienone is 1. The molecule has 0 bridgehead atoms. The molecule has 132 valence electrons. The maximum Gasteiger partial charge on any atom is 0.319 e. The Hall–Kier alpha value is -3.13. The van der Waals surface area contributed by atoms with Crippen molar-refractivity contribution < 1.29 is 9.59 Å². The minimum Gasteiger partial charge on any atom is -0.326 e. The zero-order chi connectivity index (χ0) is 18.3. The molecule has 4 N–H and O–H groups in total. The molecule has 26 heavy (non-hydrogen) atoms. The van der Waals surface area contributed by atoms with Crippen LogP contribution in [-0.4, -0.2) is 22.1 Å². The molecular weight excluding hydrogens is 350 g/mol. The Bertz CT molecular complexity index is 1050. The van der Waals surface area contributed by atoms with Crippen molar-refractivity contribution in [2.24, 2.45) is 0 Å². The summed E-state index contributed by atoms with van der Waals surface area (Å²) in [7, 11) is 0. The van der Waals surface area contributed by atoms with Gasteiger partial charge in [0, 0.05) is 26.5 Å². The average molecular weight is 367 g/mol. The number of rotatable bonds is 3. The van der Waals surface area contributed by atoms with Crippen LogP contribution in [0.4, 0.5) is 10.5 Å². The average Bonchev–Trinajstić information content (AvgIpc) is 3.22. The van der Waals surface area contributed by atoms with E-state index in [9.17, 15) is 9.59 Å². The Morgan fingerprint density at radius 3 is 2.85 bits per heavy atom. The number of amides is 3. The quantitative estimate of drug-likeness (QED) is 0.572. The van der Waals surface area contributed by atoms with Gasteiger partial charge in [0.05, 0.1) is 23.3 Å². The van der Waals surface area contributed by atoms with E-state index < -0.39 is 6.04 Å². The number of carbonyl (C=O) groups is 2. The number of anilines is 1. The van der Waals surface area contributed by atoms with Crippen molar-refractivity contribution >= 4 is 39.9 Å². The van der Waals surface area contributed by atoms with E-state index in [2.05, 4.69) is 26.1 Å². The van der Waals surface area contributed by atoms with E-state index in [0.29, 0.717) is 17.0 Å². The SMILES string of the molecule is CC1=C(C(=O)Nc2ccc3[nH]ncc3c2)C(c2ccc(C)s2)NC(=O)N1. The number of carbonyl (C=O) groups excluding carboxylic acids is 2. The number of benzene rings is 1. The van der Waals surface area contributed by atoms with Crippen molar-refractivity contribution in [1.82, 2.24) is 20.8 Å². The van der Waals surface area contributed by atoms with Crippen molar-refractivity contribution in [2.75, 3.05) is 5.32 Å². The maximum absolute atomic E-state index is 13.0. The predicted molar refractivity (Wildman–Crippen MR) is 101 cm³/mol. The summed E-state index contributed by atoms with van der Waals surface area (Å²) in [6, 6.07) is 8.66. The first-order valence-electron chi connectivity index (χ1n) is 8.10. The van der Waals surface area contributed by atoms with Gasteiger partial charge in [-0.25, -0.2) is 4.79 Å². The molecule has 1 aliphatic heterocycles. The van der Waals surface area contributed by atoms with Crippen LogP contribution in [0, 0.1) is 6.92 Å². The number of nitrogens with zero attached hydrogens (tertiary/aromatic N) is 1. The fourth-order valence-electron chi connectivity index (χ4n) is 3.04. The normalized spacial score (nSPS) is 17.2. The number of fused-ring (bicyclic) bond motifs is 1. The molecule has 0 aliphatic carbocycles. The summed E-state index contributed by atoms with van der Waals surface area (Å²) in [4.78, 5) is 26.9. The second-order valence-corrected chi connectivity index (χ2v) is 7.46. The highest BCUT2D eigenvalue weighted by molar-refractivity contribution is 7.12. The summed E-state index contributed by atoms with van der Waals surface area (Å²) in [5.74, 6) is -0.256. The number of aromatic nitrogens is 2. The lowest BCUT2D eigenvalue weighted by Crippen LogP contribution is -2.45. The molecule has 3 aromatic rings. The Balaban J connectivity index is 1.66. The van der Waals surface area contributed by atoms with Gasteiger partial charge in [-0.2, -0.15) is 5.10 Å². The summed E-state index contributed by atoms with van der Waals surface area (Å²) in [5, 5.41) is 16.2. The molecular formula is C18H17N5O2S. The highest BCUT2D eigenvalue weighted by Crippen LogP contribution is 2.32. The van der Waals surface area contributed by atoms with Crippen LogP contribution in [0.3, 0.4) is 0 Å². The van der Waals surface area contributed by atoms with E-state index in [1.807, 2.05) is 37.3 Å². The van der Waals surface area contributed by atoms with E-state index in [-0.39, 0.29) is 11.9 Å². The van der Waals surface area contributed by atoms with Crippen LogP contribution >= 0.6 is 11.3 Å². The third-order valence-corrected chi connectivity index (χ3v) is 5.32. The molecule has 3 heterocycles. The largest absolute Gasteiger partial charge is 0.326 e. The fourth-order valence-corrected chi connectivity index (χ4v) is 3.97. The van der Waals surface area contributed by atoms with Crippen LogP contribution < -0.4 is 16.0 Å². The van der Waals surface area contributed by atoms with Gasteiger partial charge in [0.25, 0.3) is 5.91 Å². The van der Waals surface area contributed by atoms with Crippen LogP contribution in [0.5, 0.6) is 0 Å². The highest BCUT2D eigenvalue weighted by atomic mass is 32.1. The lowest BCUT2D eigenvalue weighted by Gasteiger charge is -2.27. The molecule has 1 aromatic carbocycles. The molecule has 2 aromatic heterocycles. The topological polar surface area (TPSA) is 98.9 Å². The number of aromatic amines is 1. The lowest BCUT2D eigenvalue weighted by atomic mass is 10.0. The van der Waals surface area contributed by atoms with E-state index in [1.54, 1.807) is 24.5 Å². The number of urea groups is 1. The van der Waals surface area contributed by atoms with Gasteiger partial charge in [-0.15, -0.1) is 11.3 Å². The van der Waals surface area contributed by atoms with Crippen molar-refractivity contribution in [2.45, 2.75) is 19.9 Å². The van der Waals surface area contributed by atoms with E-state index in [1.165, 1.54) is 0 Å². The molecule has 7 nitrogen and oxygen atoms in total. The third kappa shape index (κ3) is 2.95. The molecule has 0 fully saturated rings. The van der Waals surface area contributed by atoms with Crippen molar-refractivity contribution in [3.63, 3.8) is 0 Å². The second kappa shape index (κ2) is 6.30. The van der Waals surface area contributed by atoms with Gasteiger partial charge in [0.15, 0.2) is 0 Å². The Morgan fingerprint density at radius 2 is 2.08 bits per heavy atom. The minimum absolute atomic E-state index is 0.256. The summed E-state index contributed by atoms with van der Waals surface area (Å²) in [5.41, 5.74) is 2.62. The number of H-pyrrole nitrogens is 1. The lowest BCUT2D eigenvalue weighted by molar-refractivity contribution is -0.113. The summed E-state index contributed by atoms with van der Waals surface area (Å²) < 4.78 is 0. The van der Waals surface area contributed by atoms with Crippen LogP contribution in [0.15, 0.2) is 47.8 Å². The van der Waals surface area contributed by atoms with Gasteiger partial charge in [-0.05, 0) is 44.2 Å². The second-order valence-electron chi connectivity index (χ2n) is 6.14. The van der Waals surface area contributed by atoms with E-state index >= 15 is 0 Å². The zero-order valence-electron chi connectivity index (χ0n) is 14.2. The maximum atomic E-state index is 13.0. The minimum atomic E-state index is -0.472. The smallest absolute Gasteiger partial charge is 0.319 e. The predicted octanol–water partition coefficient (Wildman–Crippen LogP) is 3.20. The molecule has 4 rings (SSSR count). The van der Waals surface area contributed by atoms with Gasteiger partial charge in [-0.3, -0.25) is 9.89 Å². The Morgan fingerprint density at radius 1 is 1.23 bits per heavy atom. The standard InChI is InChI=1S/C18H17N5O2S/c1-9-3-6-14(26-9)16-15(10(2)20-18(25)22-16)17(24)21-12-4-5-13-11(7-12)8-19-23-13/h3-8,16H,1-2H3,(H,19,23)(H,21,24)(H2,20,22,25). The fraction of sp³-hybridized carbons (Fsp3) is 0.167. The van der Waals surface area contributed by atoms with Gasteiger partial charge >= 0.3 is 6.03 Å². The van der Waals surface area contributed by atoms with Crippen molar-refractivity contribution in [3.05, 3.63) is 57.6 Å². The van der Waals surface area contributed by atoms with Crippen molar-refractivity contribution in [1.29, 1.82) is 0 Å². The summed E-state index contributed by atoms with van der Waals surface area (Å²) in [6.45, 7) is 3.73. The van der Waals surface area contributed by atoms with Crippen LogP contribution in [-0.2, 0) is 4.79 Å². The number of hydrogen-bond acceptors (Lipinski definition) is 4. The van der Waals surface area contributed by atoms with Crippen LogP contribution in [0.1, 0.15) is 22.7 Å². The molecule has 1 aliphatic rings. The molecule has 0 saturated heterocycles. The first-order valence-corrected chi connectivity index (χ1v) is 8.92. The molecule has 0 saturated carbocycles. The third-order valence-electron chi connectivity index (χ3n) is 4.26. The summed E-state index contributed by atoms with van der Waals surface area (Å²) >= 11 is 1.56. The van der Waals surface area contributed by atoms with E-state index in [4.69, 9.17) is 0 Å². The van der Waals surface area contributed by atoms with Gasteiger partial charge < -0.3 is 16.0 Å².